The van der Waals surface area contributed by atoms with E-state index in [0.29, 0.717) is 18.4 Å². The molecule has 1 aliphatic heterocycles. The van der Waals surface area contributed by atoms with Gasteiger partial charge in [-0.15, -0.1) is 0 Å². The zero-order valence-corrected chi connectivity index (χ0v) is 18.0. The van der Waals surface area contributed by atoms with Crippen LogP contribution in [-0.4, -0.2) is 41.4 Å². The van der Waals surface area contributed by atoms with Gasteiger partial charge in [-0.05, 0) is 48.4 Å². The number of benzene rings is 2. The molecule has 2 aromatic carbocycles. The molecule has 166 valence electrons. The molecular formula is C24H26N4O4. The lowest BCUT2D eigenvalue weighted by Crippen LogP contribution is -2.45. The third kappa shape index (κ3) is 5.95. The first-order valence-corrected chi connectivity index (χ1v) is 10.7. The first kappa shape index (κ1) is 23.0. The molecule has 8 heteroatoms. The Morgan fingerprint density at radius 3 is 2.47 bits per heavy atom. The van der Waals surface area contributed by atoms with Gasteiger partial charge in [0.1, 0.15) is 6.04 Å². The van der Waals surface area contributed by atoms with Crippen molar-refractivity contribution in [2.45, 2.75) is 44.7 Å². The zero-order valence-electron chi connectivity index (χ0n) is 18.0. The molecule has 0 bridgehead atoms. The Morgan fingerprint density at radius 2 is 1.81 bits per heavy atom. The Labute approximate surface area is 186 Å². The molecule has 0 unspecified atom stereocenters. The summed E-state index contributed by atoms with van der Waals surface area (Å²) in [6.45, 7) is 1.87. The molecule has 1 fully saturated rings. The van der Waals surface area contributed by atoms with E-state index in [9.17, 15) is 14.4 Å². The predicted molar refractivity (Wildman–Crippen MR) is 118 cm³/mol. The number of imide groups is 1. The van der Waals surface area contributed by atoms with Crippen LogP contribution >= 0.6 is 0 Å². The van der Waals surface area contributed by atoms with Crippen LogP contribution in [0.1, 0.15) is 42.1 Å². The Morgan fingerprint density at radius 1 is 1.16 bits per heavy atom. The minimum atomic E-state index is -1.04. The van der Waals surface area contributed by atoms with Crippen LogP contribution in [0.5, 0.6) is 0 Å². The highest BCUT2D eigenvalue weighted by atomic mass is 16.5. The topological polar surface area (TPSA) is 112 Å². The summed E-state index contributed by atoms with van der Waals surface area (Å²) in [4.78, 5) is 41.9. The van der Waals surface area contributed by atoms with Crippen molar-refractivity contribution in [1.29, 1.82) is 0 Å². The van der Waals surface area contributed by atoms with Crippen molar-refractivity contribution in [3.05, 3.63) is 82.2 Å². The fourth-order valence-electron chi connectivity index (χ4n) is 3.87. The number of likely N-dealkylation sites (tertiary alicyclic amines) is 1. The maximum atomic E-state index is 13.2. The lowest BCUT2D eigenvalue weighted by atomic mass is 10.00. The van der Waals surface area contributed by atoms with Gasteiger partial charge in [0, 0.05) is 17.4 Å². The largest absolute Gasteiger partial charge is 0.462 e. The Bertz CT molecular complexity index is 990. The molecule has 1 saturated heterocycles. The number of carbonyl (C=O) groups excluding carboxylic acids is 3. The van der Waals surface area contributed by atoms with Crippen LogP contribution < -0.4 is 0 Å². The number of nitrogens with zero attached hydrogens (tertiary/aromatic N) is 4. The highest BCUT2D eigenvalue weighted by molar-refractivity contribution is 5.99. The van der Waals surface area contributed by atoms with Crippen LogP contribution in [0.4, 0.5) is 0 Å². The molecule has 2 aromatic rings. The lowest BCUT2D eigenvalue weighted by Gasteiger charge is -2.27. The highest BCUT2D eigenvalue weighted by Gasteiger charge is 2.39. The molecule has 0 saturated carbocycles. The van der Waals surface area contributed by atoms with Crippen LogP contribution in [0.3, 0.4) is 0 Å². The van der Waals surface area contributed by atoms with Gasteiger partial charge in [-0.1, -0.05) is 60.6 Å². The monoisotopic (exact) mass is 434 g/mol. The molecule has 0 radical (unpaired) electrons. The third-order valence-corrected chi connectivity index (χ3v) is 5.49. The van der Waals surface area contributed by atoms with E-state index < -0.39 is 17.9 Å². The van der Waals surface area contributed by atoms with Gasteiger partial charge in [0.2, 0.25) is 11.8 Å². The summed E-state index contributed by atoms with van der Waals surface area (Å²) in [6, 6.07) is 17.0. The van der Waals surface area contributed by atoms with E-state index >= 15 is 0 Å². The van der Waals surface area contributed by atoms with Gasteiger partial charge in [0.25, 0.3) is 0 Å². The summed E-state index contributed by atoms with van der Waals surface area (Å²) < 4.78 is 5.33. The average Bonchev–Trinajstić information content (AvgIpc) is 3.17. The fraction of sp³-hybridized carbons (Fsp3) is 0.375. The molecule has 32 heavy (non-hydrogen) atoms. The summed E-state index contributed by atoms with van der Waals surface area (Å²) in [5, 5.41) is 3.67. The summed E-state index contributed by atoms with van der Waals surface area (Å²) in [5.41, 5.74) is 10.5. The normalized spacial score (nSPS) is 17.3. The molecule has 0 aliphatic carbocycles. The second-order valence-corrected chi connectivity index (χ2v) is 8.01. The van der Waals surface area contributed by atoms with Crippen LogP contribution in [0.15, 0.2) is 65.8 Å². The first-order chi connectivity index (χ1) is 15.5. The molecule has 0 spiro atoms. The van der Waals surface area contributed by atoms with Gasteiger partial charge in [-0.3, -0.25) is 14.5 Å². The second kappa shape index (κ2) is 11.1. The molecule has 1 heterocycles. The van der Waals surface area contributed by atoms with E-state index in [1.54, 1.807) is 37.3 Å². The number of rotatable bonds is 9. The maximum Gasteiger partial charge on any atom is 0.338 e. The quantitative estimate of drug-likeness (QED) is 0.253. The molecular weight excluding hydrogens is 408 g/mol. The summed E-state index contributed by atoms with van der Waals surface area (Å²) in [6.07, 6.45) is 1.60. The van der Waals surface area contributed by atoms with Crippen LogP contribution in [0.25, 0.3) is 10.4 Å². The Balaban J connectivity index is 1.63. The Kier molecular flexibility index (Phi) is 8.00. The zero-order chi connectivity index (χ0) is 22.9. The molecule has 0 N–H and O–H groups in total. The third-order valence-electron chi connectivity index (χ3n) is 5.49. The molecule has 3 atom stereocenters. The number of esters is 1. The van der Waals surface area contributed by atoms with Gasteiger partial charge < -0.3 is 4.74 Å². The average molecular weight is 434 g/mol. The molecule has 0 aromatic heterocycles. The van der Waals surface area contributed by atoms with Gasteiger partial charge in [0.05, 0.1) is 12.2 Å². The minimum Gasteiger partial charge on any atom is -0.462 e. The SMILES string of the molecule is C[C@@H](COC(=O)c1ccccc1)C[C@H](N=[N+]=[N-])C(=O)N1C(=O)CC[C@@H]1Cc1ccccc1. The van der Waals surface area contributed by atoms with Gasteiger partial charge in [0.15, 0.2) is 0 Å². The number of hydrogen-bond donors (Lipinski definition) is 0. The van der Waals surface area contributed by atoms with Crippen LogP contribution in [0.2, 0.25) is 0 Å². The number of ether oxygens (including phenoxy) is 1. The molecule has 1 aliphatic rings. The summed E-state index contributed by atoms with van der Waals surface area (Å²) in [7, 11) is 0. The smallest absolute Gasteiger partial charge is 0.338 e. The predicted octanol–water partition coefficient (Wildman–Crippen LogP) is 4.31. The number of hydrogen-bond acceptors (Lipinski definition) is 5. The maximum absolute atomic E-state index is 13.2. The van der Waals surface area contributed by atoms with Gasteiger partial charge >= 0.3 is 5.97 Å². The number of amides is 2. The van der Waals surface area contributed by atoms with E-state index in [2.05, 4.69) is 10.0 Å². The van der Waals surface area contributed by atoms with Crippen molar-refractivity contribution in [1.82, 2.24) is 4.90 Å². The van der Waals surface area contributed by atoms with E-state index in [1.807, 2.05) is 30.3 Å². The Hall–Kier alpha value is -3.64. The summed E-state index contributed by atoms with van der Waals surface area (Å²) >= 11 is 0. The standard InChI is InChI=1S/C24H26N4O4/c1-17(16-32-24(31)19-10-6-3-7-11-19)14-21(26-27-25)23(30)28-20(12-13-22(28)29)15-18-8-4-2-5-9-18/h2-11,17,20-21H,12-16H2,1H3/t17-,20-,21+/m1/s1. The van der Waals surface area contributed by atoms with Crippen molar-refractivity contribution in [3.8, 4) is 0 Å². The van der Waals surface area contributed by atoms with Crippen molar-refractivity contribution in [2.75, 3.05) is 6.61 Å². The van der Waals surface area contributed by atoms with Crippen molar-refractivity contribution in [3.63, 3.8) is 0 Å². The van der Waals surface area contributed by atoms with E-state index in [4.69, 9.17) is 10.3 Å². The van der Waals surface area contributed by atoms with Gasteiger partial charge in [-0.25, -0.2) is 4.79 Å². The van der Waals surface area contributed by atoms with E-state index in [0.717, 1.165) is 5.56 Å². The highest BCUT2D eigenvalue weighted by Crippen LogP contribution is 2.25. The molecule has 8 nitrogen and oxygen atoms in total. The molecule has 3 rings (SSSR count). The van der Waals surface area contributed by atoms with Gasteiger partial charge in [-0.2, -0.15) is 0 Å². The minimum absolute atomic E-state index is 0.0693. The fourth-order valence-corrected chi connectivity index (χ4v) is 3.87. The second-order valence-electron chi connectivity index (χ2n) is 8.01. The van der Waals surface area contributed by atoms with Crippen molar-refractivity contribution in [2.24, 2.45) is 11.0 Å². The molecule has 2 amide bonds. The lowest BCUT2D eigenvalue weighted by molar-refractivity contribution is -0.145. The van der Waals surface area contributed by atoms with E-state index in [-0.39, 0.29) is 37.3 Å². The first-order valence-electron chi connectivity index (χ1n) is 10.7. The van der Waals surface area contributed by atoms with E-state index in [1.165, 1.54) is 4.90 Å². The number of carbonyl (C=O) groups is 3. The summed E-state index contributed by atoms with van der Waals surface area (Å²) in [5.74, 6) is -1.45. The number of azide groups is 1. The van der Waals surface area contributed by atoms with Crippen LogP contribution in [0, 0.1) is 5.92 Å². The van der Waals surface area contributed by atoms with Crippen molar-refractivity contribution >= 4 is 17.8 Å². The van der Waals surface area contributed by atoms with Crippen molar-refractivity contribution < 1.29 is 19.1 Å². The van der Waals surface area contributed by atoms with Crippen LogP contribution in [-0.2, 0) is 20.7 Å².